The highest BCUT2D eigenvalue weighted by Gasteiger charge is 2.05. The van der Waals surface area contributed by atoms with Crippen molar-refractivity contribution in [3.05, 3.63) is 41.9 Å². The quantitative estimate of drug-likeness (QED) is 0.732. The van der Waals surface area contributed by atoms with Crippen molar-refractivity contribution < 1.29 is 0 Å². The minimum Gasteiger partial charge on any atom is -0.367 e. The van der Waals surface area contributed by atoms with Crippen LogP contribution in [0, 0.1) is 0 Å². The van der Waals surface area contributed by atoms with Gasteiger partial charge in [0.2, 0.25) is 0 Å². The van der Waals surface area contributed by atoms with E-state index in [0.717, 1.165) is 35.6 Å². The van der Waals surface area contributed by atoms with Crippen LogP contribution in [0.5, 0.6) is 0 Å². The molecule has 7 heteroatoms. The number of halogens is 1. The summed E-state index contributed by atoms with van der Waals surface area (Å²) in [7, 11) is 0. The van der Waals surface area contributed by atoms with Gasteiger partial charge in [-0.05, 0) is 22.4 Å². The van der Waals surface area contributed by atoms with E-state index >= 15 is 0 Å². The second-order valence-corrected chi connectivity index (χ2v) is 4.96. The summed E-state index contributed by atoms with van der Waals surface area (Å²) in [5.74, 6) is 0.796. The van der Waals surface area contributed by atoms with Gasteiger partial charge in [-0.1, -0.05) is 0 Å². The molecule has 0 saturated heterocycles. The van der Waals surface area contributed by atoms with E-state index in [1.54, 1.807) is 12.4 Å². The third-order valence-corrected chi connectivity index (χ3v) is 3.17. The number of nitrogens with one attached hydrogen (secondary N) is 1. The van der Waals surface area contributed by atoms with Crippen molar-refractivity contribution in [3.8, 4) is 0 Å². The third-order valence-electron chi connectivity index (χ3n) is 2.79. The molecular formula is C12H13BrN6. The average molecular weight is 321 g/mol. The first kappa shape index (κ1) is 12.2. The van der Waals surface area contributed by atoms with Gasteiger partial charge in [-0.15, -0.1) is 0 Å². The van der Waals surface area contributed by atoms with Crippen LogP contribution in [0.15, 0.2) is 41.9 Å². The zero-order chi connectivity index (χ0) is 13.1. The molecule has 3 rings (SSSR count). The molecule has 0 aliphatic rings. The Kier molecular flexibility index (Phi) is 3.45. The van der Waals surface area contributed by atoms with Crippen LogP contribution in [-0.2, 0) is 6.54 Å². The van der Waals surface area contributed by atoms with Crippen LogP contribution >= 0.6 is 15.9 Å². The summed E-state index contributed by atoms with van der Waals surface area (Å²) in [4.78, 5) is 12.7. The Labute approximate surface area is 118 Å². The van der Waals surface area contributed by atoms with Crippen LogP contribution in [0.4, 0.5) is 5.82 Å². The maximum Gasteiger partial charge on any atom is 0.180 e. The lowest BCUT2D eigenvalue weighted by Crippen LogP contribution is -2.08. The fourth-order valence-electron chi connectivity index (χ4n) is 1.91. The number of nitrogens with zero attached hydrogens (tertiary/aromatic N) is 5. The first-order chi connectivity index (χ1) is 9.33. The number of fused-ring (bicyclic) bond motifs is 1. The minimum absolute atomic E-state index is 0.787. The highest BCUT2D eigenvalue weighted by molar-refractivity contribution is 9.10. The van der Waals surface area contributed by atoms with Crippen molar-refractivity contribution in [2.75, 3.05) is 11.9 Å². The molecule has 0 atom stereocenters. The molecule has 6 nitrogen and oxygen atoms in total. The zero-order valence-corrected chi connectivity index (χ0v) is 11.8. The predicted octanol–water partition coefficient (Wildman–Crippen LogP) is 2.19. The minimum atomic E-state index is 0.787. The van der Waals surface area contributed by atoms with Crippen molar-refractivity contribution in [1.29, 1.82) is 0 Å². The lowest BCUT2D eigenvalue weighted by Gasteiger charge is -2.07. The molecule has 0 unspecified atom stereocenters. The highest BCUT2D eigenvalue weighted by atomic mass is 79.9. The number of hydrogen-bond acceptors (Lipinski definition) is 4. The van der Waals surface area contributed by atoms with Crippen molar-refractivity contribution in [2.24, 2.45) is 0 Å². The molecule has 0 saturated carbocycles. The van der Waals surface area contributed by atoms with E-state index in [-0.39, 0.29) is 0 Å². The second-order valence-electron chi connectivity index (χ2n) is 4.15. The van der Waals surface area contributed by atoms with E-state index in [1.807, 2.05) is 29.3 Å². The molecule has 3 aromatic heterocycles. The summed E-state index contributed by atoms with van der Waals surface area (Å²) < 4.78 is 4.78. The average Bonchev–Trinajstić information content (AvgIpc) is 3.04. The second kappa shape index (κ2) is 5.40. The molecule has 0 aliphatic carbocycles. The van der Waals surface area contributed by atoms with E-state index in [0.29, 0.717) is 0 Å². The molecule has 98 valence electrons. The fourth-order valence-corrected chi connectivity index (χ4v) is 2.30. The van der Waals surface area contributed by atoms with Crippen LogP contribution < -0.4 is 5.32 Å². The Morgan fingerprint density at radius 1 is 1.26 bits per heavy atom. The molecule has 3 heterocycles. The number of aryl methyl sites for hydroxylation is 1. The lowest BCUT2D eigenvalue weighted by atomic mass is 10.4. The Bertz CT molecular complexity index is 660. The molecule has 19 heavy (non-hydrogen) atoms. The van der Waals surface area contributed by atoms with E-state index in [4.69, 9.17) is 0 Å². The van der Waals surface area contributed by atoms with Gasteiger partial charge in [-0.3, -0.25) is 0 Å². The largest absolute Gasteiger partial charge is 0.367 e. The standard InChI is InChI=1S/C12H13BrN6/c13-10-8-19-7-4-16-12(19)11(17-10)15-2-1-5-18-6-3-14-9-18/h3-4,6-9H,1-2,5H2,(H,15,17). The monoisotopic (exact) mass is 320 g/mol. The topological polar surface area (TPSA) is 60.0 Å². The zero-order valence-electron chi connectivity index (χ0n) is 10.2. The normalized spacial score (nSPS) is 11.0. The summed E-state index contributed by atoms with van der Waals surface area (Å²) in [5.41, 5.74) is 0.839. The molecule has 3 aromatic rings. The summed E-state index contributed by atoms with van der Waals surface area (Å²) in [6, 6.07) is 0. The summed E-state index contributed by atoms with van der Waals surface area (Å²) in [6.07, 6.45) is 12.1. The van der Waals surface area contributed by atoms with Crippen LogP contribution in [0.3, 0.4) is 0 Å². The van der Waals surface area contributed by atoms with Gasteiger partial charge in [0.1, 0.15) is 4.60 Å². The number of aromatic nitrogens is 5. The third kappa shape index (κ3) is 2.76. The van der Waals surface area contributed by atoms with Gasteiger partial charge in [-0.25, -0.2) is 15.0 Å². The summed E-state index contributed by atoms with van der Waals surface area (Å²) in [6.45, 7) is 1.77. The maximum atomic E-state index is 4.41. The number of imidazole rings is 2. The fraction of sp³-hybridized carbons (Fsp3) is 0.250. The van der Waals surface area contributed by atoms with Crippen LogP contribution in [0.2, 0.25) is 0 Å². The van der Waals surface area contributed by atoms with Crippen LogP contribution in [-0.4, -0.2) is 30.5 Å². The first-order valence-corrected chi connectivity index (χ1v) is 6.81. The highest BCUT2D eigenvalue weighted by Crippen LogP contribution is 2.16. The van der Waals surface area contributed by atoms with Gasteiger partial charge in [0.25, 0.3) is 0 Å². The van der Waals surface area contributed by atoms with E-state index in [9.17, 15) is 0 Å². The van der Waals surface area contributed by atoms with Gasteiger partial charge in [-0.2, -0.15) is 0 Å². The van der Waals surface area contributed by atoms with Crippen LogP contribution in [0.25, 0.3) is 5.65 Å². The van der Waals surface area contributed by atoms with Crippen LogP contribution in [0.1, 0.15) is 6.42 Å². The van der Waals surface area contributed by atoms with Gasteiger partial charge >= 0.3 is 0 Å². The summed E-state index contributed by atoms with van der Waals surface area (Å²) in [5, 5.41) is 3.32. The van der Waals surface area contributed by atoms with E-state index < -0.39 is 0 Å². The van der Waals surface area contributed by atoms with Gasteiger partial charge in [0, 0.05) is 44.1 Å². The maximum absolute atomic E-state index is 4.41. The Balaban J connectivity index is 1.63. The molecule has 0 aliphatic heterocycles. The van der Waals surface area contributed by atoms with E-state index in [1.165, 1.54) is 0 Å². The number of anilines is 1. The predicted molar refractivity (Wildman–Crippen MR) is 76.0 cm³/mol. The molecular weight excluding hydrogens is 308 g/mol. The molecule has 0 aromatic carbocycles. The van der Waals surface area contributed by atoms with Crippen molar-refractivity contribution in [3.63, 3.8) is 0 Å². The van der Waals surface area contributed by atoms with Crippen molar-refractivity contribution in [1.82, 2.24) is 23.9 Å². The Morgan fingerprint density at radius 2 is 2.21 bits per heavy atom. The van der Waals surface area contributed by atoms with Crippen molar-refractivity contribution in [2.45, 2.75) is 13.0 Å². The molecule has 0 amide bonds. The molecule has 1 N–H and O–H groups in total. The molecule has 0 spiro atoms. The van der Waals surface area contributed by atoms with Gasteiger partial charge < -0.3 is 14.3 Å². The SMILES string of the molecule is Brc1cn2ccnc2c(NCCCn2ccnc2)n1. The molecule has 0 bridgehead atoms. The molecule has 0 radical (unpaired) electrons. The first-order valence-electron chi connectivity index (χ1n) is 6.02. The van der Waals surface area contributed by atoms with E-state index in [2.05, 4.69) is 40.8 Å². The number of rotatable bonds is 5. The molecule has 0 fully saturated rings. The van der Waals surface area contributed by atoms with Gasteiger partial charge in [0.15, 0.2) is 11.5 Å². The Hall–Kier alpha value is -1.89. The summed E-state index contributed by atoms with van der Waals surface area (Å²) >= 11 is 3.40. The van der Waals surface area contributed by atoms with Crippen molar-refractivity contribution >= 4 is 27.4 Å². The number of hydrogen-bond donors (Lipinski definition) is 1. The Morgan fingerprint density at radius 3 is 3.05 bits per heavy atom. The van der Waals surface area contributed by atoms with Gasteiger partial charge in [0.05, 0.1) is 6.33 Å². The smallest absolute Gasteiger partial charge is 0.180 e. The lowest BCUT2D eigenvalue weighted by molar-refractivity contribution is 0.660.